The first kappa shape index (κ1) is 20.1. The fourth-order valence-electron chi connectivity index (χ4n) is 2.23. The van der Waals surface area contributed by atoms with E-state index in [0.29, 0.717) is 11.4 Å². The fourth-order valence-corrected chi connectivity index (χ4v) is 2.23. The molecule has 0 aliphatic rings. The molecule has 1 aromatic heterocycles. The average Bonchev–Trinajstić information content (AvgIpc) is 2.56. The van der Waals surface area contributed by atoms with Gasteiger partial charge in [0.15, 0.2) is 0 Å². The van der Waals surface area contributed by atoms with Gasteiger partial charge in [0.1, 0.15) is 5.60 Å². The van der Waals surface area contributed by atoms with Crippen molar-refractivity contribution in [1.82, 2.24) is 4.98 Å². The molecule has 1 heterocycles. The number of hydrogen-bond donors (Lipinski definition) is 1. The number of pyridine rings is 1. The van der Waals surface area contributed by atoms with Gasteiger partial charge in [-0.05, 0) is 52.0 Å². The van der Waals surface area contributed by atoms with Gasteiger partial charge in [-0.1, -0.05) is 18.2 Å². The van der Waals surface area contributed by atoms with E-state index in [-0.39, 0.29) is 17.7 Å². The number of carbonyl (C=O) groups is 3. The van der Waals surface area contributed by atoms with Gasteiger partial charge in [0.25, 0.3) is 0 Å². The molecular weight excluding hydrogens is 348 g/mol. The second-order valence-corrected chi connectivity index (χ2v) is 6.88. The molecule has 0 aliphatic heterocycles. The number of esters is 2. The fraction of sp³-hybridized carbons (Fsp3) is 0.300. The van der Waals surface area contributed by atoms with Gasteiger partial charge >= 0.3 is 18.0 Å². The van der Waals surface area contributed by atoms with E-state index in [4.69, 9.17) is 9.47 Å². The Bertz CT molecular complexity index is 841. The molecule has 142 valence electrons. The lowest BCUT2D eigenvalue weighted by atomic mass is 10.1. The van der Waals surface area contributed by atoms with E-state index in [9.17, 15) is 14.4 Å². The summed E-state index contributed by atoms with van der Waals surface area (Å²) in [4.78, 5) is 40.4. The molecule has 7 nitrogen and oxygen atoms in total. The van der Waals surface area contributed by atoms with Crippen LogP contribution in [-0.4, -0.2) is 28.6 Å². The largest absolute Gasteiger partial charge is 0.460 e. The smallest absolute Gasteiger partial charge is 0.419 e. The molecule has 2 aromatic rings. The van der Waals surface area contributed by atoms with Gasteiger partial charge in [0, 0.05) is 5.69 Å². The molecule has 0 unspecified atom stereocenters. The molecule has 0 saturated heterocycles. The molecule has 1 N–H and O–H groups in total. The number of nitrogens with one attached hydrogen (secondary N) is 1. The minimum Gasteiger partial charge on any atom is -0.460 e. The Morgan fingerprint density at radius 3 is 2.33 bits per heavy atom. The average molecular weight is 370 g/mol. The molecule has 7 heteroatoms. The van der Waals surface area contributed by atoms with Crippen LogP contribution in [0, 0.1) is 6.92 Å². The number of aryl methyl sites for hydroxylation is 1. The predicted molar refractivity (Wildman–Crippen MR) is 99.4 cm³/mol. The second-order valence-electron chi connectivity index (χ2n) is 6.88. The van der Waals surface area contributed by atoms with Crippen molar-refractivity contribution in [2.75, 3.05) is 5.32 Å². The first-order chi connectivity index (χ1) is 12.6. The number of carbonyl (C=O) groups excluding carboxylic acids is 3. The number of rotatable bonds is 4. The highest BCUT2D eigenvalue weighted by atomic mass is 16.6. The van der Waals surface area contributed by atoms with Gasteiger partial charge in [0.05, 0.1) is 23.4 Å². The van der Waals surface area contributed by atoms with Crippen molar-refractivity contribution in [3.8, 4) is 0 Å². The number of amides is 1. The van der Waals surface area contributed by atoms with Crippen molar-refractivity contribution in [2.45, 2.75) is 39.7 Å². The highest BCUT2D eigenvalue weighted by molar-refractivity contribution is 6.00. The number of hydrogen-bond acceptors (Lipinski definition) is 6. The monoisotopic (exact) mass is 370 g/mol. The van der Waals surface area contributed by atoms with E-state index < -0.39 is 23.6 Å². The summed E-state index contributed by atoms with van der Waals surface area (Å²) < 4.78 is 10.1. The number of ether oxygens (including phenoxy) is 2. The normalized spacial score (nSPS) is 10.8. The minimum absolute atomic E-state index is 0.124. The Labute approximate surface area is 157 Å². The van der Waals surface area contributed by atoms with Crippen LogP contribution >= 0.6 is 0 Å². The number of benzene rings is 1. The first-order valence-electron chi connectivity index (χ1n) is 8.40. The quantitative estimate of drug-likeness (QED) is 0.652. The molecule has 0 bridgehead atoms. The zero-order valence-corrected chi connectivity index (χ0v) is 15.7. The van der Waals surface area contributed by atoms with Crippen LogP contribution in [0.4, 0.5) is 10.5 Å². The van der Waals surface area contributed by atoms with Crippen molar-refractivity contribution in [1.29, 1.82) is 0 Å². The molecule has 1 amide bonds. The Morgan fingerprint density at radius 1 is 1.04 bits per heavy atom. The molecule has 0 aliphatic carbocycles. The van der Waals surface area contributed by atoms with Gasteiger partial charge < -0.3 is 9.47 Å². The molecule has 27 heavy (non-hydrogen) atoms. The lowest BCUT2D eigenvalue weighted by Gasteiger charge is -2.20. The molecule has 0 saturated carbocycles. The van der Waals surface area contributed by atoms with Gasteiger partial charge in [0.2, 0.25) is 0 Å². The lowest BCUT2D eigenvalue weighted by molar-refractivity contribution is -0.153. The van der Waals surface area contributed by atoms with Gasteiger partial charge in [-0.25, -0.2) is 9.59 Å². The van der Waals surface area contributed by atoms with E-state index in [1.165, 1.54) is 12.1 Å². The lowest BCUT2D eigenvalue weighted by Crippen LogP contribution is -2.26. The summed E-state index contributed by atoms with van der Waals surface area (Å²) in [5.74, 6) is -1.25. The van der Waals surface area contributed by atoms with Crippen LogP contribution in [0.3, 0.4) is 0 Å². The van der Waals surface area contributed by atoms with Crippen molar-refractivity contribution in [3.63, 3.8) is 0 Å². The summed E-state index contributed by atoms with van der Waals surface area (Å²) in [6.45, 7) is 7.06. The number of anilines is 1. The van der Waals surface area contributed by atoms with Crippen molar-refractivity contribution >= 4 is 23.7 Å². The standard InChI is InChI=1S/C20H22N2O5/c1-13-10-11-15(16(21-13)12-17(23)27-20(2,3)4)22-19(25)26-18(24)14-8-6-5-7-9-14/h5-11H,12H2,1-4H3,(H,22,25). The maximum absolute atomic E-state index is 12.1. The molecule has 1 aromatic carbocycles. The second kappa shape index (κ2) is 8.44. The topological polar surface area (TPSA) is 94.6 Å². The van der Waals surface area contributed by atoms with E-state index in [1.54, 1.807) is 58.0 Å². The Morgan fingerprint density at radius 2 is 1.70 bits per heavy atom. The zero-order chi connectivity index (χ0) is 20.0. The Hall–Kier alpha value is -3.22. The maximum Gasteiger partial charge on any atom is 0.419 e. The molecule has 0 fully saturated rings. The van der Waals surface area contributed by atoms with Crippen LogP contribution in [0.5, 0.6) is 0 Å². The van der Waals surface area contributed by atoms with Gasteiger partial charge in [-0.2, -0.15) is 0 Å². The highest BCUT2D eigenvalue weighted by Crippen LogP contribution is 2.17. The number of aromatic nitrogens is 1. The van der Waals surface area contributed by atoms with Gasteiger partial charge in [-0.3, -0.25) is 15.1 Å². The van der Waals surface area contributed by atoms with Crippen LogP contribution < -0.4 is 5.32 Å². The summed E-state index contributed by atoms with van der Waals surface area (Å²) in [6.07, 6.45) is -1.08. The first-order valence-corrected chi connectivity index (χ1v) is 8.40. The van der Waals surface area contributed by atoms with E-state index in [0.717, 1.165) is 0 Å². The van der Waals surface area contributed by atoms with Crippen LogP contribution in [-0.2, 0) is 20.7 Å². The maximum atomic E-state index is 12.1. The van der Waals surface area contributed by atoms with Crippen LogP contribution in [0.1, 0.15) is 42.5 Å². The van der Waals surface area contributed by atoms with E-state index >= 15 is 0 Å². The zero-order valence-electron chi connectivity index (χ0n) is 15.7. The third-order valence-corrected chi connectivity index (χ3v) is 3.28. The SMILES string of the molecule is Cc1ccc(NC(=O)OC(=O)c2ccccc2)c(CC(=O)OC(C)(C)C)n1. The van der Waals surface area contributed by atoms with Crippen molar-refractivity contribution in [2.24, 2.45) is 0 Å². The highest BCUT2D eigenvalue weighted by Gasteiger charge is 2.20. The summed E-state index contributed by atoms with van der Waals surface area (Å²) in [5, 5.41) is 2.45. The summed E-state index contributed by atoms with van der Waals surface area (Å²) in [5.41, 5.74) is 0.900. The minimum atomic E-state index is -0.958. The molecule has 2 rings (SSSR count). The van der Waals surface area contributed by atoms with E-state index in [1.807, 2.05) is 0 Å². The third kappa shape index (κ3) is 6.54. The molecule has 0 radical (unpaired) electrons. The summed E-state index contributed by atoms with van der Waals surface area (Å²) in [6, 6.07) is 11.4. The Balaban J connectivity index is 2.08. The third-order valence-electron chi connectivity index (χ3n) is 3.28. The molecular formula is C20H22N2O5. The van der Waals surface area contributed by atoms with Crippen LogP contribution in [0.15, 0.2) is 42.5 Å². The van der Waals surface area contributed by atoms with Gasteiger partial charge in [-0.15, -0.1) is 0 Å². The Kier molecular flexibility index (Phi) is 6.28. The molecule has 0 atom stereocenters. The summed E-state index contributed by atoms with van der Waals surface area (Å²) >= 11 is 0. The molecule has 0 spiro atoms. The van der Waals surface area contributed by atoms with Crippen LogP contribution in [0.2, 0.25) is 0 Å². The van der Waals surface area contributed by atoms with Crippen molar-refractivity contribution in [3.05, 3.63) is 59.4 Å². The van der Waals surface area contributed by atoms with E-state index in [2.05, 4.69) is 10.3 Å². The number of nitrogens with zero attached hydrogens (tertiary/aromatic N) is 1. The summed E-state index contributed by atoms with van der Waals surface area (Å²) in [7, 11) is 0. The predicted octanol–water partition coefficient (Wildman–Crippen LogP) is 3.66. The van der Waals surface area contributed by atoms with Crippen LogP contribution in [0.25, 0.3) is 0 Å². The van der Waals surface area contributed by atoms with Crippen molar-refractivity contribution < 1.29 is 23.9 Å².